The Morgan fingerprint density at radius 2 is 1.96 bits per heavy atom. The molecule has 2 aromatic carbocycles. The Labute approximate surface area is 150 Å². The number of nitrogens with one attached hydrogen (secondary N) is 2. The number of fused-ring (bicyclic) bond motifs is 2. The molecule has 0 radical (unpaired) electrons. The van der Waals surface area contributed by atoms with E-state index in [1.54, 1.807) is 0 Å². The van der Waals surface area contributed by atoms with Gasteiger partial charge in [-0.15, -0.1) is 10.2 Å². The van der Waals surface area contributed by atoms with Gasteiger partial charge in [-0.3, -0.25) is 10.00 Å². The molecule has 26 heavy (non-hydrogen) atoms. The predicted octanol–water partition coefficient (Wildman–Crippen LogP) is 2.34. The van der Waals surface area contributed by atoms with Crippen LogP contribution in [0.5, 0.6) is 0 Å². The molecule has 0 atom stereocenters. The SMILES string of the molecule is c1ccc2c(-c3n[nH]c4c3CN(CCc3nn[nH]n3)CC4)cccc2c1. The van der Waals surface area contributed by atoms with E-state index >= 15 is 0 Å². The Kier molecular flexibility index (Phi) is 3.71. The molecule has 1 aliphatic heterocycles. The van der Waals surface area contributed by atoms with Crippen LogP contribution in [0.2, 0.25) is 0 Å². The third kappa shape index (κ3) is 2.66. The number of tetrazole rings is 1. The maximum absolute atomic E-state index is 4.67. The van der Waals surface area contributed by atoms with Crippen molar-refractivity contribution in [3.63, 3.8) is 0 Å². The molecule has 2 N–H and O–H groups in total. The highest BCUT2D eigenvalue weighted by atomic mass is 15.5. The molecule has 0 saturated heterocycles. The van der Waals surface area contributed by atoms with Crippen LogP contribution < -0.4 is 0 Å². The lowest BCUT2D eigenvalue weighted by Crippen LogP contribution is -2.32. The lowest BCUT2D eigenvalue weighted by atomic mass is 9.97. The third-order valence-electron chi connectivity index (χ3n) is 5.10. The minimum Gasteiger partial charge on any atom is -0.298 e. The lowest BCUT2D eigenvalue weighted by molar-refractivity contribution is 0.255. The van der Waals surface area contributed by atoms with E-state index in [2.05, 4.69) is 78.2 Å². The number of nitrogens with zero attached hydrogens (tertiary/aromatic N) is 5. The number of benzene rings is 2. The van der Waals surface area contributed by atoms with E-state index in [0.717, 1.165) is 44.0 Å². The van der Waals surface area contributed by atoms with Crippen molar-refractivity contribution in [3.05, 3.63) is 59.5 Å². The van der Waals surface area contributed by atoms with E-state index in [1.807, 2.05) is 0 Å². The van der Waals surface area contributed by atoms with Crippen LogP contribution in [0.3, 0.4) is 0 Å². The summed E-state index contributed by atoms with van der Waals surface area (Å²) in [6.07, 6.45) is 1.78. The smallest absolute Gasteiger partial charge is 0.175 e. The topological polar surface area (TPSA) is 86.4 Å². The Morgan fingerprint density at radius 1 is 1.04 bits per heavy atom. The second-order valence-electron chi connectivity index (χ2n) is 6.66. The normalized spacial score (nSPS) is 14.6. The van der Waals surface area contributed by atoms with Crippen molar-refractivity contribution >= 4 is 10.8 Å². The fraction of sp³-hybridized carbons (Fsp3) is 0.263. The van der Waals surface area contributed by atoms with Crippen LogP contribution in [0.4, 0.5) is 0 Å². The van der Waals surface area contributed by atoms with Crippen molar-refractivity contribution in [2.45, 2.75) is 19.4 Å². The summed E-state index contributed by atoms with van der Waals surface area (Å²) in [7, 11) is 0. The quantitative estimate of drug-likeness (QED) is 0.593. The molecule has 4 aromatic rings. The zero-order valence-electron chi connectivity index (χ0n) is 14.3. The van der Waals surface area contributed by atoms with Crippen LogP contribution in [0.25, 0.3) is 22.0 Å². The maximum Gasteiger partial charge on any atom is 0.175 e. The van der Waals surface area contributed by atoms with E-state index in [1.165, 1.54) is 27.6 Å². The molecule has 0 saturated carbocycles. The standard InChI is InChI=1S/C19H19N7/c1-2-6-14-13(4-1)5-3-7-15(14)19-16-12-26(10-8-17(16)20-23-19)11-9-18-21-24-25-22-18/h1-7H,8-12H2,(H,20,23)(H,21,22,24,25). The number of rotatable bonds is 4. The van der Waals surface area contributed by atoms with Crippen molar-refractivity contribution in [1.29, 1.82) is 0 Å². The van der Waals surface area contributed by atoms with Gasteiger partial charge in [0.15, 0.2) is 5.82 Å². The Morgan fingerprint density at radius 3 is 2.88 bits per heavy atom. The minimum absolute atomic E-state index is 0.761. The summed E-state index contributed by atoms with van der Waals surface area (Å²) in [5.74, 6) is 0.761. The molecule has 0 amide bonds. The van der Waals surface area contributed by atoms with E-state index in [9.17, 15) is 0 Å². The fourth-order valence-corrected chi connectivity index (χ4v) is 3.74. The van der Waals surface area contributed by atoms with E-state index in [-0.39, 0.29) is 0 Å². The summed E-state index contributed by atoms with van der Waals surface area (Å²) in [5, 5.41) is 24.6. The summed E-state index contributed by atoms with van der Waals surface area (Å²) < 4.78 is 0. The molecule has 5 rings (SSSR count). The van der Waals surface area contributed by atoms with Crippen LogP contribution in [0, 0.1) is 0 Å². The van der Waals surface area contributed by atoms with E-state index in [4.69, 9.17) is 0 Å². The molecule has 0 spiro atoms. The average molecular weight is 345 g/mol. The minimum atomic E-state index is 0.761. The number of H-pyrrole nitrogens is 2. The molecule has 1 aliphatic rings. The zero-order chi connectivity index (χ0) is 17.3. The van der Waals surface area contributed by atoms with Crippen molar-refractivity contribution in [2.24, 2.45) is 0 Å². The lowest BCUT2D eigenvalue weighted by Gasteiger charge is -2.26. The number of hydrogen-bond donors (Lipinski definition) is 2. The zero-order valence-corrected chi connectivity index (χ0v) is 14.3. The van der Waals surface area contributed by atoms with Crippen LogP contribution >= 0.6 is 0 Å². The molecule has 3 heterocycles. The van der Waals surface area contributed by atoms with Gasteiger partial charge < -0.3 is 0 Å². The molecule has 2 aromatic heterocycles. The molecule has 130 valence electrons. The molecular weight excluding hydrogens is 326 g/mol. The van der Waals surface area contributed by atoms with Gasteiger partial charge in [0.25, 0.3) is 0 Å². The first kappa shape index (κ1) is 15.2. The fourth-order valence-electron chi connectivity index (χ4n) is 3.74. The Bertz CT molecular complexity index is 1030. The van der Waals surface area contributed by atoms with Gasteiger partial charge in [-0.05, 0) is 10.8 Å². The Balaban J connectivity index is 1.45. The molecule has 0 fully saturated rings. The molecule has 0 aliphatic carbocycles. The van der Waals surface area contributed by atoms with Crippen molar-refractivity contribution in [3.8, 4) is 11.3 Å². The van der Waals surface area contributed by atoms with E-state index in [0.29, 0.717) is 0 Å². The third-order valence-corrected chi connectivity index (χ3v) is 5.10. The van der Waals surface area contributed by atoms with Crippen molar-refractivity contribution in [1.82, 2.24) is 35.7 Å². The van der Waals surface area contributed by atoms with Gasteiger partial charge in [-0.1, -0.05) is 47.7 Å². The van der Waals surface area contributed by atoms with Gasteiger partial charge in [-0.2, -0.15) is 10.3 Å². The molecular formula is C19H19N7. The van der Waals surface area contributed by atoms with Gasteiger partial charge >= 0.3 is 0 Å². The van der Waals surface area contributed by atoms with Crippen LogP contribution in [0.1, 0.15) is 17.1 Å². The highest BCUT2D eigenvalue weighted by Crippen LogP contribution is 2.33. The van der Waals surface area contributed by atoms with Crippen molar-refractivity contribution < 1.29 is 0 Å². The van der Waals surface area contributed by atoms with Crippen LogP contribution in [-0.4, -0.2) is 48.8 Å². The predicted molar refractivity (Wildman–Crippen MR) is 98.4 cm³/mol. The summed E-state index contributed by atoms with van der Waals surface area (Å²) >= 11 is 0. The summed E-state index contributed by atoms with van der Waals surface area (Å²) in [4.78, 5) is 2.43. The first-order valence-corrected chi connectivity index (χ1v) is 8.87. The first-order valence-electron chi connectivity index (χ1n) is 8.87. The number of aromatic nitrogens is 6. The Hall–Kier alpha value is -3.06. The summed E-state index contributed by atoms with van der Waals surface area (Å²) in [6.45, 7) is 2.82. The highest BCUT2D eigenvalue weighted by molar-refractivity contribution is 5.96. The molecule has 0 bridgehead atoms. The maximum atomic E-state index is 4.67. The molecule has 7 nitrogen and oxygen atoms in total. The second-order valence-corrected chi connectivity index (χ2v) is 6.66. The van der Waals surface area contributed by atoms with Crippen LogP contribution in [0.15, 0.2) is 42.5 Å². The largest absolute Gasteiger partial charge is 0.298 e. The highest BCUT2D eigenvalue weighted by Gasteiger charge is 2.23. The summed E-state index contributed by atoms with van der Waals surface area (Å²) in [5.41, 5.74) is 4.83. The van der Waals surface area contributed by atoms with Crippen molar-refractivity contribution in [2.75, 3.05) is 13.1 Å². The van der Waals surface area contributed by atoms with Gasteiger partial charge in [0.1, 0.15) is 0 Å². The van der Waals surface area contributed by atoms with Gasteiger partial charge in [0, 0.05) is 49.3 Å². The van der Waals surface area contributed by atoms with Gasteiger partial charge in [0.05, 0.1) is 5.69 Å². The first-order chi connectivity index (χ1) is 12.9. The van der Waals surface area contributed by atoms with Gasteiger partial charge in [0.2, 0.25) is 0 Å². The van der Waals surface area contributed by atoms with E-state index < -0.39 is 0 Å². The number of aromatic amines is 2. The molecule has 7 heteroatoms. The monoisotopic (exact) mass is 345 g/mol. The second kappa shape index (κ2) is 6.34. The van der Waals surface area contributed by atoms with Gasteiger partial charge in [-0.25, -0.2) is 0 Å². The van der Waals surface area contributed by atoms with Crippen LogP contribution in [-0.2, 0) is 19.4 Å². The molecule has 0 unspecified atom stereocenters. The number of hydrogen-bond acceptors (Lipinski definition) is 5. The average Bonchev–Trinajstić information content (AvgIpc) is 3.35. The summed E-state index contributed by atoms with van der Waals surface area (Å²) in [6, 6.07) is 14.9.